The SMILES string of the molecule is COCCCN1C(=O)[C@H](n2cnnn2)[C@@H]1c1ccc(OC)c(OC)c1. The van der Waals surface area contributed by atoms with Crippen LogP contribution in [0.4, 0.5) is 0 Å². The van der Waals surface area contributed by atoms with Gasteiger partial charge in [-0.3, -0.25) is 4.79 Å². The highest BCUT2D eigenvalue weighted by Crippen LogP contribution is 2.44. The van der Waals surface area contributed by atoms with Gasteiger partial charge in [-0.15, -0.1) is 5.10 Å². The van der Waals surface area contributed by atoms with Crippen molar-refractivity contribution in [1.29, 1.82) is 0 Å². The molecule has 0 bridgehead atoms. The van der Waals surface area contributed by atoms with Crippen LogP contribution in [0.5, 0.6) is 11.5 Å². The molecule has 9 heteroatoms. The van der Waals surface area contributed by atoms with Gasteiger partial charge in [-0.2, -0.15) is 0 Å². The lowest BCUT2D eigenvalue weighted by molar-refractivity contribution is -0.156. The predicted octanol–water partition coefficient (Wildman–Crippen LogP) is 0.851. The smallest absolute Gasteiger partial charge is 0.250 e. The molecule has 1 aromatic carbocycles. The number of hydrogen-bond donors (Lipinski definition) is 0. The molecule has 1 aromatic heterocycles. The minimum Gasteiger partial charge on any atom is -0.493 e. The second kappa shape index (κ2) is 7.47. The summed E-state index contributed by atoms with van der Waals surface area (Å²) in [5.41, 5.74) is 0.940. The molecular weight excluding hydrogens is 326 g/mol. The van der Waals surface area contributed by atoms with Gasteiger partial charge in [0.05, 0.1) is 20.3 Å². The molecule has 0 aliphatic carbocycles. The Balaban J connectivity index is 1.91. The highest BCUT2D eigenvalue weighted by atomic mass is 16.5. The molecule has 0 spiro atoms. The maximum atomic E-state index is 12.6. The summed E-state index contributed by atoms with van der Waals surface area (Å²) in [4.78, 5) is 14.4. The van der Waals surface area contributed by atoms with Crippen molar-refractivity contribution in [3.05, 3.63) is 30.1 Å². The number of likely N-dealkylation sites (tertiary alicyclic amines) is 1. The Labute approximate surface area is 145 Å². The number of carbonyl (C=O) groups excluding carboxylic acids is 1. The van der Waals surface area contributed by atoms with Crippen LogP contribution in [0.3, 0.4) is 0 Å². The zero-order chi connectivity index (χ0) is 17.8. The number of ether oxygens (including phenoxy) is 3. The van der Waals surface area contributed by atoms with Gasteiger partial charge in [0.15, 0.2) is 17.5 Å². The molecule has 25 heavy (non-hydrogen) atoms. The molecule has 3 rings (SSSR count). The molecule has 0 radical (unpaired) electrons. The molecular formula is C16H21N5O4. The van der Waals surface area contributed by atoms with E-state index in [0.717, 1.165) is 12.0 Å². The van der Waals surface area contributed by atoms with Crippen LogP contribution in [0, 0.1) is 0 Å². The minimum absolute atomic E-state index is 0.0109. The molecule has 1 saturated heterocycles. The number of amides is 1. The van der Waals surface area contributed by atoms with E-state index in [-0.39, 0.29) is 11.9 Å². The summed E-state index contributed by atoms with van der Waals surface area (Å²) in [6.07, 6.45) is 2.22. The predicted molar refractivity (Wildman–Crippen MR) is 87.3 cm³/mol. The quantitative estimate of drug-likeness (QED) is 0.516. The standard InChI is InChI=1S/C16H21N5O4/c1-23-8-4-7-20-14(15(16(20)22)21-10-17-18-19-21)11-5-6-12(24-2)13(9-11)25-3/h5-6,9-10,14-15H,4,7-8H2,1-3H3/t14-,15+/m0/s1. The van der Waals surface area contributed by atoms with E-state index >= 15 is 0 Å². The number of nitrogens with zero attached hydrogens (tertiary/aromatic N) is 5. The van der Waals surface area contributed by atoms with Crippen molar-refractivity contribution in [3.63, 3.8) is 0 Å². The van der Waals surface area contributed by atoms with Gasteiger partial charge in [0, 0.05) is 20.3 Å². The monoisotopic (exact) mass is 347 g/mol. The van der Waals surface area contributed by atoms with Crippen molar-refractivity contribution in [2.75, 3.05) is 34.5 Å². The van der Waals surface area contributed by atoms with Crippen LogP contribution in [0.15, 0.2) is 24.5 Å². The Morgan fingerprint density at radius 1 is 1.12 bits per heavy atom. The van der Waals surface area contributed by atoms with E-state index in [1.807, 2.05) is 23.1 Å². The molecule has 134 valence electrons. The number of β-lactam (4-membered cyclic amide) rings is 1. The Bertz CT molecular complexity index is 721. The lowest BCUT2D eigenvalue weighted by Crippen LogP contribution is -2.56. The highest BCUT2D eigenvalue weighted by molar-refractivity contribution is 5.88. The molecule has 1 aliphatic rings. The lowest BCUT2D eigenvalue weighted by atomic mass is 9.88. The van der Waals surface area contributed by atoms with Crippen molar-refractivity contribution >= 4 is 5.91 Å². The van der Waals surface area contributed by atoms with E-state index in [0.29, 0.717) is 24.7 Å². The van der Waals surface area contributed by atoms with E-state index in [2.05, 4.69) is 15.5 Å². The number of benzene rings is 1. The summed E-state index contributed by atoms with van der Waals surface area (Å²) in [5, 5.41) is 11.2. The zero-order valence-corrected chi connectivity index (χ0v) is 14.5. The fourth-order valence-electron chi connectivity index (χ4n) is 3.11. The highest BCUT2D eigenvalue weighted by Gasteiger charge is 2.49. The van der Waals surface area contributed by atoms with Crippen molar-refractivity contribution in [3.8, 4) is 11.5 Å². The number of hydrogen-bond acceptors (Lipinski definition) is 7. The average molecular weight is 347 g/mol. The normalized spacial score (nSPS) is 19.6. The molecule has 1 amide bonds. The number of tetrazole rings is 1. The first kappa shape index (κ1) is 17.2. The Morgan fingerprint density at radius 3 is 2.56 bits per heavy atom. The van der Waals surface area contributed by atoms with E-state index < -0.39 is 6.04 Å². The van der Waals surface area contributed by atoms with Crippen LogP contribution in [0.2, 0.25) is 0 Å². The largest absolute Gasteiger partial charge is 0.493 e. The zero-order valence-electron chi connectivity index (χ0n) is 14.5. The maximum absolute atomic E-state index is 12.6. The summed E-state index contributed by atoms with van der Waals surface area (Å²) in [7, 11) is 4.82. The average Bonchev–Trinajstić information content (AvgIpc) is 3.16. The first-order valence-electron chi connectivity index (χ1n) is 7.95. The summed E-state index contributed by atoms with van der Waals surface area (Å²) >= 11 is 0. The van der Waals surface area contributed by atoms with Crippen LogP contribution in [-0.4, -0.2) is 65.5 Å². The van der Waals surface area contributed by atoms with Crippen molar-refractivity contribution in [2.24, 2.45) is 0 Å². The summed E-state index contributed by atoms with van der Waals surface area (Å²) < 4.78 is 17.3. The summed E-state index contributed by atoms with van der Waals surface area (Å²) in [6, 6.07) is 5.01. The molecule has 0 N–H and O–H groups in total. The molecule has 2 heterocycles. The Hall–Kier alpha value is -2.68. The molecule has 0 saturated carbocycles. The van der Waals surface area contributed by atoms with E-state index in [1.165, 1.54) is 11.0 Å². The summed E-state index contributed by atoms with van der Waals surface area (Å²) in [5.74, 6) is 1.25. The number of methoxy groups -OCH3 is 3. The second-order valence-corrected chi connectivity index (χ2v) is 5.67. The fraction of sp³-hybridized carbons (Fsp3) is 0.500. The van der Waals surface area contributed by atoms with Gasteiger partial charge in [0.25, 0.3) is 5.91 Å². The maximum Gasteiger partial charge on any atom is 0.250 e. The first-order chi connectivity index (χ1) is 12.2. The van der Waals surface area contributed by atoms with E-state index in [4.69, 9.17) is 14.2 Å². The van der Waals surface area contributed by atoms with Crippen LogP contribution in [0.25, 0.3) is 0 Å². The van der Waals surface area contributed by atoms with Gasteiger partial charge in [-0.25, -0.2) is 4.68 Å². The molecule has 0 unspecified atom stereocenters. The molecule has 9 nitrogen and oxygen atoms in total. The fourth-order valence-corrected chi connectivity index (χ4v) is 3.11. The molecule has 1 fully saturated rings. The van der Waals surface area contributed by atoms with E-state index in [9.17, 15) is 4.79 Å². The molecule has 2 atom stereocenters. The van der Waals surface area contributed by atoms with Crippen LogP contribution < -0.4 is 9.47 Å². The molecule has 2 aromatic rings. The summed E-state index contributed by atoms with van der Waals surface area (Å²) in [6.45, 7) is 1.20. The third kappa shape index (κ3) is 3.14. The van der Waals surface area contributed by atoms with Gasteiger partial charge in [0.2, 0.25) is 0 Å². The minimum atomic E-state index is -0.462. The van der Waals surface area contributed by atoms with Gasteiger partial charge < -0.3 is 19.1 Å². The van der Waals surface area contributed by atoms with Crippen LogP contribution >= 0.6 is 0 Å². The number of rotatable bonds is 8. The third-order valence-corrected chi connectivity index (χ3v) is 4.32. The van der Waals surface area contributed by atoms with E-state index in [1.54, 1.807) is 21.3 Å². The number of aromatic nitrogens is 4. The first-order valence-corrected chi connectivity index (χ1v) is 7.95. The lowest BCUT2D eigenvalue weighted by Gasteiger charge is -2.47. The molecule has 1 aliphatic heterocycles. The van der Waals surface area contributed by atoms with Gasteiger partial charge in [0.1, 0.15) is 6.33 Å². The third-order valence-electron chi connectivity index (χ3n) is 4.32. The van der Waals surface area contributed by atoms with Crippen molar-refractivity contribution < 1.29 is 19.0 Å². The van der Waals surface area contributed by atoms with Crippen molar-refractivity contribution in [2.45, 2.75) is 18.5 Å². The Morgan fingerprint density at radius 2 is 1.92 bits per heavy atom. The Kier molecular flexibility index (Phi) is 5.13. The van der Waals surface area contributed by atoms with Crippen LogP contribution in [0.1, 0.15) is 24.1 Å². The van der Waals surface area contributed by atoms with Gasteiger partial charge >= 0.3 is 0 Å². The van der Waals surface area contributed by atoms with Gasteiger partial charge in [-0.1, -0.05) is 6.07 Å². The van der Waals surface area contributed by atoms with Crippen LogP contribution in [-0.2, 0) is 9.53 Å². The van der Waals surface area contributed by atoms with Gasteiger partial charge in [-0.05, 0) is 34.5 Å². The number of carbonyl (C=O) groups is 1. The second-order valence-electron chi connectivity index (χ2n) is 5.67. The van der Waals surface area contributed by atoms with Crippen molar-refractivity contribution in [1.82, 2.24) is 25.1 Å². The topological polar surface area (TPSA) is 91.6 Å².